The predicted octanol–water partition coefficient (Wildman–Crippen LogP) is -0.581. The van der Waals surface area contributed by atoms with Crippen molar-refractivity contribution in [3.05, 3.63) is 17.8 Å². The normalized spacial score (nSPS) is 10.5. The Morgan fingerprint density at radius 1 is 1.60 bits per heavy atom. The molecule has 0 aliphatic carbocycles. The zero-order chi connectivity index (χ0) is 11.0. The van der Waals surface area contributed by atoms with Gasteiger partial charge in [-0.3, -0.25) is 4.79 Å². The Hall–Kier alpha value is -2.31. The lowest BCUT2D eigenvalue weighted by atomic mass is 10.3. The van der Waals surface area contributed by atoms with Crippen molar-refractivity contribution in [1.82, 2.24) is 14.6 Å². The minimum Gasteiger partial charge on any atom is -0.481 e. The van der Waals surface area contributed by atoms with Crippen LogP contribution in [0.2, 0.25) is 0 Å². The highest BCUT2D eigenvalue weighted by Gasteiger charge is 2.16. The average Bonchev–Trinajstić information content (AvgIpc) is 2.52. The van der Waals surface area contributed by atoms with Crippen LogP contribution in [0.4, 0.5) is 5.82 Å². The van der Waals surface area contributed by atoms with Gasteiger partial charge in [-0.05, 0) is 0 Å². The monoisotopic (exact) mass is 207 g/mol. The first-order valence-electron chi connectivity index (χ1n) is 4.12. The molecule has 7 nitrogen and oxygen atoms in total. The number of anilines is 1. The van der Waals surface area contributed by atoms with Gasteiger partial charge in [0.25, 0.3) is 5.91 Å². The first-order chi connectivity index (χ1) is 7.13. The summed E-state index contributed by atoms with van der Waals surface area (Å²) < 4.78 is 6.29. The largest absolute Gasteiger partial charge is 0.481 e. The third-order valence-electron chi connectivity index (χ3n) is 1.94. The van der Waals surface area contributed by atoms with E-state index in [9.17, 15) is 4.79 Å². The van der Waals surface area contributed by atoms with Crippen LogP contribution in [-0.2, 0) is 0 Å². The van der Waals surface area contributed by atoms with Crippen molar-refractivity contribution in [3.63, 3.8) is 0 Å². The summed E-state index contributed by atoms with van der Waals surface area (Å²) in [6.07, 6.45) is 1.59. The van der Waals surface area contributed by atoms with Crippen LogP contribution in [0.25, 0.3) is 5.65 Å². The highest BCUT2D eigenvalue weighted by atomic mass is 16.5. The maximum Gasteiger partial charge on any atom is 0.256 e. The molecule has 0 bridgehead atoms. The molecule has 0 radical (unpaired) electrons. The van der Waals surface area contributed by atoms with Gasteiger partial charge in [0.1, 0.15) is 5.56 Å². The van der Waals surface area contributed by atoms with Crippen LogP contribution in [0.3, 0.4) is 0 Å². The van der Waals surface area contributed by atoms with E-state index in [2.05, 4.69) is 10.1 Å². The molecule has 2 aromatic rings. The minimum atomic E-state index is -0.664. The molecule has 0 atom stereocenters. The molecule has 2 heterocycles. The Balaban J connectivity index is 2.77. The van der Waals surface area contributed by atoms with E-state index in [-0.39, 0.29) is 11.4 Å². The number of amides is 1. The molecule has 7 heteroatoms. The van der Waals surface area contributed by atoms with E-state index in [0.29, 0.717) is 11.5 Å². The summed E-state index contributed by atoms with van der Waals surface area (Å²) in [7, 11) is 1.47. The molecule has 0 saturated heterocycles. The average molecular weight is 207 g/mol. The molecule has 0 fully saturated rings. The van der Waals surface area contributed by atoms with E-state index in [1.54, 1.807) is 12.3 Å². The lowest BCUT2D eigenvalue weighted by molar-refractivity contribution is 0.100. The zero-order valence-corrected chi connectivity index (χ0v) is 7.97. The van der Waals surface area contributed by atoms with Gasteiger partial charge in [0, 0.05) is 12.3 Å². The molecule has 0 aromatic carbocycles. The molecule has 2 aromatic heterocycles. The van der Waals surface area contributed by atoms with Crippen LogP contribution in [0.15, 0.2) is 12.3 Å². The van der Waals surface area contributed by atoms with Crippen molar-refractivity contribution in [1.29, 1.82) is 0 Å². The Morgan fingerprint density at radius 3 is 2.93 bits per heavy atom. The molecular weight excluding hydrogens is 198 g/mol. The van der Waals surface area contributed by atoms with Gasteiger partial charge in [0.05, 0.1) is 7.11 Å². The fraction of sp³-hybridized carbons (Fsp3) is 0.125. The number of nitrogens with zero attached hydrogens (tertiary/aromatic N) is 3. The summed E-state index contributed by atoms with van der Waals surface area (Å²) in [5, 5.41) is 3.89. The molecule has 78 valence electrons. The number of nitrogens with two attached hydrogens (primary N) is 2. The summed E-state index contributed by atoms with van der Waals surface area (Å²) >= 11 is 0. The van der Waals surface area contributed by atoms with Gasteiger partial charge in [-0.25, -0.2) is 4.52 Å². The molecule has 2 rings (SSSR count). The number of methoxy groups -OCH3 is 1. The van der Waals surface area contributed by atoms with Crippen molar-refractivity contribution in [2.24, 2.45) is 5.73 Å². The Morgan fingerprint density at radius 2 is 2.33 bits per heavy atom. The standard InChI is InChI=1S/C8H9N5O2/c1-15-4-2-3-13-8(11-4)5(7(10)14)6(9)12-13/h2-3H,1H3,(H2,9,12)(H2,10,14). The Bertz CT molecular complexity index is 533. The van der Waals surface area contributed by atoms with Crippen molar-refractivity contribution < 1.29 is 9.53 Å². The van der Waals surface area contributed by atoms with Crippen LogP contribution in [0.5, 0.6) is 5.88 Å². The number of carbonyl (C=O) groups is 1. The van der Waals surface area contributed by atoms with Crippen LogP contribution >= 0.6 is 0 Å². The van der Waals surface area contributed by atoms with E-state index < -0.39 is 5.91 Å². The van der Waals surface area contributed by atoms with Gasteiger partial charge in [-0.15, -0.1) is 5.10 Å². The maximum atomic E-state index is 11.1. The fourth-order valence-electron chi connectivity index (χ4n) is 1.28. The maximum absolute atomic E-state index is 11.1. The number of fused-ring (bicyclic) bond motifs is 1. The smallest absolute Gasteiger partial charge is 0.256 e. The molecule has 15 heavy (non-hydrogen) atoms. The zero-order valence-electron chi connectivity index (χ0n) is 7.97. The molecule has 0 aliphatic rings. The second-order valence-electron chi connectivity index (χ2n) is 2.86. The first-order valence-corrected chi connectivity index (χ1v) is 4.12. The number of primary amides is 1. The Labute approximate surface area is 84.6 Å². The molecule has 1 amide bonds. The van der Waals surface area contributed by atoms with Gasteiger partial charge in [0.15, 0.2) is 11.5 Å². The van der Waals surface area contributed by atoms with Gasteiger partial charge in [0.2, 0.25) is 5.88 Å². The minimum absolute atomic E-state index is 0.0586. The number of rotatable bonds is 2. The third kappa shape index (κ3) is 1.33. The summed E-state index contributed by atoms with van der Waals surface area (Å²) in [6.45, 7) is 0. The SMILES string of the molecule is COc1ccn2nc(N)c(C(N)=O)c2n1. The number of ether oxygens (including phenoxy) is 1. The summed E-state index contributed by atoms with van der Waals surface area (Å²) in [4.78, 5) is 15.1. The molecule has 0 saturated carbocycles. The summed E-state index contributed by atoms with van der Waals surface area (Å²) in [6, 6.07) is 1.60. The number of aromatic nitrogens is 3. The third-order valence-corrected chi connectivity index (χ3v) is 1.94. The number of nitrogen functional groups attached to an aromatic ring is 1. The first kappa shape index (κ1) is 9.25. The van der Waals surface area contributed by atoms with Gasteiger partial charge < -0.3 is 16.2 Å². The highest BCUT2D eigenvalue weighted by Crippen LogP contribution is 2.17. The van der Waals surface area contributed by atoms with Gasteiger partial charge >= 0.3 is 0 Å². The van der Waals surface area contributed by atoms with Gasteiger partial charge in [-0.2, -0.15) is 4.98 Å². The summed E-state index contributed by atoms with van der Waals surface area (Å²) in [5.74, 6) is -0.239. The van der Waals surface area contributed by atoms with Crippen LogP contribution in [-0.4, -0.2) is 27.6 Å². The van der Waals surface area contributed by atoms with Crippen LogP contribution in [0, 0.1) is 0 Å². The van der Waals surface area contributed by atoms with Crippen molar-refractivity contribution >= 4 is 17.4 Å². The van der Waals surface area contributed by atoms with Crippen LogP contribution < -0.4 is 16.2 Å². The van der Waals surface area contributed by atoms with Crippen molar-refractivity contribution in [2.75, 3.05) is 12.8 Å². The molecule has 4 N–H and O–H groups in total. The van der Waals surface area contributed by atoms with E-state index in [0.717, 1.165) is 0 Å². The number of hydrogen-bond acceptors (Lipinski definition) is 5. The molecule has 0 unspecified atom stereocenters. The van der Waals surface area contributed by atoms with E-state index in [1.807, 2.05) is 0 Å². The topological polar surface area (TPSA) is 109 Å². The van der Waals surface area contributed by atoms with E-state index in [4.69, 9.17) is 16.2 Å². The summed E-state index contributed by atoms with van der Waals surface area (Å²) in [5.41, 5.74) is 11.1. The van der Waals surface area contributed by atoms with E-state index >= 15 is 0 Å². The highest BCUT2D eigenvalue weighted by molar-refractivity contribution is 6.03. The molecular formula is C8H9N5O2. The fourth-order valence-corrected chi connectivity index (χ4v) is 1.28. The molecule has 0 aliphatic heterocycles. The molecule has 0 spiro atoms. The second kappa shape index (κ2) is 3.12. The van der Waals surface area contributed by atoms with Crippen molar-refractivity contribution in [2.45, 2.75) is 0 Å². The number of carbonyl (C=O) groups excluding carboxylic acids is 1. The number of hydrogen-bond donors (Lipinski definition) is 2. The van der Waals surface area contributed by atoms with Gasteiger partial charge in [-0.1, -0.05) is 0 Å². The lowest BCUT2D eigenvalue weighted by Crippen LogP contribution is -2.13. The predicted molar refractivity (Wildman–Crippen MR) is 52.5 cm³/mol. The Kier molecular flexibility index (Phi) is 1.93. The van der Waals surface area contributed by atoms with E-state index in [1.165, 1.54) is 11.6 Å². The van der Waals surface area contributed by atoms with Crippen LogP contribution in [0.1, 0.15) is 10.4 Å². The quantitative estimate of drug-likeness (QED) is 0.684. The second-order valence-corrected chi connectivity index (χ2v) is 2.86. The lowest BCUT2D eigenvalue weighted by Gasteiger charge is -1.98. The van der Waals surface area contributed by atoms with Crippen molar-refractivity contribution in [3.8, 4) is 5.88 Å².